The van der Waals surface area contributed by atoms with Gasteiger partial charge in [0.25, 0.3) is 0 Å². The van der Waals surface area contributed by atoms with Crippen molar-refractivity contribution < 1.29 is 14.0 Å². The van der Waals surface area contributed by atoms with Crippen molar-refractivity contribution in [1.29, 1.82) is 0 Å². The third-order valence-corrected chi connectivity index (χ3v) is 7.73. The summed E-state index contributed by atoms with van der Waals surface area (Å²) in [6, 6.07) is 9.56. The highest BCUT2D eigenvalue weighted by Gasteiger charge is 2.39. The van der Waals surface area contributed by atoms with E-state index in [9.17, 15) is 14.0 Å². The first-order chi connectivity index (χ1) is 15.6. The predicted molar refractivity (Wildman–Crippen MR) is 127 cm³/mol. The van der Waals surface area contributed by atoms with E-state index in [1.165, 1.54) is 29.9 Å². The fourth-order valence-corrected chi connectivity index (χ4v) is 5.95. The molecule has 2 amide bonds. The van der Waals surface area contributed by atoms with Crippen LogP contribution in [0.4, 0.5) is 10.1 Å². The van der Waals surface area contributed by atoms with E-state index in [-0.39, 0.29) is 30.2 Å². The van der Waals surface area contributed by atoms with Crippen molar-refractivity contribution in [1.82, 2.24) is 5.32 Å². The number of hydrogen-bond acceptors (Lipinski definition) is 3. The van der Waals surface area contributed by atoms with Crippen LogP contribution in [0.1, 0.15) is 69.1 Å². The lowest BCUT2D eigenvalue weighted by atomic mass is 9.82. The molecule has 1 N–H and O–H groups in total. The minimum absolute atomic E-state index is 0.0763. The van der Waals surface area contributed by atoms with Crippen molar-refractivity contribution >= 4 is 28.8 Å². The molecule has 32 heavy (non-hydrogen) atoms. The van der Waals surface area contributed by atoms with Crippen LogP contribution in [0.2, 0.25) is 0 Å². The maximum Gasteiger partial charge on any atom is 0.243 e. The van der Waals surface area contributed by atoms with Gasteiger partial charge in [-0.05, 0) is 61.2 Å². The molecule has 1 unspecified atom stereocenters. The van der Waals surface area contributed by atoms with Crippen LogP contribution in [0.3, 0.4) is 0 Å². The van der Waals surface area contributed by atoms with Gasteiger partial charge in [0.2, 0.25) is 11.8 Å². The SMILES string of the molecule is O=C(NC1CCCCC1)C(C1CCCCC1)N(C(=O)Cc1cccs1)c1cccc(F)c1. The highest BCUT2D eigenvalue weighted by atomic mass is 32.1. The van der Waals surface area contributed by atoms with Crippen LogP contribution in [0.25, 0.3) is 0 Å². The van der Waals surface area contributed by atoms with E-state index in [2.05, 4.69) is 5.32 Å². The second kappa shape index (κ2) is 11.1. The first-order valence-corrected chi connectivity index (χ1v) is 12.9. The number of benzene rings is 1. The van der Waals surface area contributed by atoms with Crippen LogP contribution in [0.15, 0.2) is 41.8 Å². The summed E-state index contributed by atoms with van der Waals surface area (Å²) in [6.45, 7) is 0. The molecule has 1 aromatic carbocycles. The standard InChI is InChI=1S/C26H33FN2O2S/c27-20-11-7-14-22(17-20)29(24(30)18-23-15-8-16-32-23)25(19-9-3-1-4-10-19)26(31)28-21-12-5-2-6-13-21/h7-8,11,14-17,19,21,25H,1-6,9-10,12-13,18H2,(H,28,31). The second-order valence-electron chi connectivity index (χ2n) is 9.19. The summed E-state index contributed by atoms with van der Waals surface area (Å²) in [5, 5.41) is 5.22. The summed E-state index contributed by atoms with van der Waals surface area (Å²) in [4.78, 5) is 29.9. The monoisotopic (exact) mass is 456 g/mol. The van der Waals surface area contributed by atoms with E-state index in [4.69, 9.17) is 0 Å². The highest BCUT2D eigenvalue weighted by Crippen LogP contribution is 2.33. The molecule has 4 nitrogen and oxygen atoms in total. The largest absolute Gasteiger partial charge is 0.352 e. The van der Waals surface area contributed by atoms with Crippen molar-refractivity contribution in [3.05, 3.63) is 52.5 Å². The molecule has 1 atom stereocenters. The van der Waals surface area contributed by atoms with Crippen LogP contribution >= 0.6 is 11.3 Å². The van der Waals surface area contributed by atoms with Gasteiger partial charge in [0, 0.05) is 16.6 Å². The lowest BCUT2D eigenvalue weighted by Crippen LogP contribution is -2.56. The lowest BCUT2D eigenvalue weighted by Gasteiger charge is -2.39. The molecule has 2 aromatic rings. The van der Waals surface area contributed by atoms with Crippen LogP contribution in [0, 0.1) is 11.7 Å². The molecule has 2 aliphatic rings. The van der Waals surface area contributed by atoms with Gasteiger partial charge >= 0.3 is 0 Å². The number of anilines is 1. The number of carbonyl (C=O) groups excluding carboxylic acids is 2. The molecule has 4 rings (SSSR count). The molecule has 1 heterocycles. The van der Waals surface area contributed by atoms with Gasteiger partial charge in [0.1, 0.15) is 11.9 Å². The predicted octanol–water partition coefficient (Wildman–Crippen LogP) is 5.86. The van der Waals surface area contributed by atoms with Gasteiger partial charge < -0.3 is 5.32 Å². The molecule has 0 bridgehead atoms. The Bertz CT molecular complexity index is 889. The zero-order valence-electron chi connectivity index (χ0n) is 18.6. The zero-order chi connectivity index (χ0) is 22.3. The molecule has 1 aromatic heterocycles. The summed E-state index contributed by atoms with van der Waals surface area (Å²) in [5.74, 6) is -0.533. The summed E-state index contributed by atoms with van der Waals surface area (Å²) in [7, 11) is 0. The Balaban J connectivity index is 1.67. The Morgan fingerprint density at radius 3 is 2.38 bits per heavy atom. The fourth-order valence-electron chi connectivity index (χ4n) is 5.26. The average Bonchev–Trinajstić information content (AvgIpc) is 3.31. The van der Waals surface area contributed by atoms with Gasteiger partial charge in [-0.25, -0.2) is 4.39 Å². The van der Waals surface area contributed by atoms with E-state index < -0.39 is 11.9 Å². The van der Waals surface area contributed by atoms with Crippen molar-refractivity contribution in [3.8, 4) is 0 Å². The summed E-state index contributed by atoms with van der Waals surface area (Å²) in [5.41, 5.74) is 0.473. The Morgan fingerprint density at radius 2 is 1.72 bits per heavy atom. The molecule has 2 saturated carbocycles. The number of thiophene rings is 1. The Morgan fingerprint density at radius 1 is 1.00 bits per heavy atom. The zero-order valence-corrected chi connectivity index (χ0v) is 19.4. The van der Waals surface area contributed by atoms with Crippen molar-refractivity contribution in [3.63, 3.8) is 0 Å². The van der Waals surface area contributed by atoms with E-state index in [1.807, 2.05) is 17.5 Å². The number of hydrogen-bond donors (Lipinski definition) is 1. The van der Waals surface area contributed by atoms with E-state index in [1.54, 1.807) is 17.0 Å². The molecule has 2 aliphatic carbocycles. The second-order valence-corrected chi connectivity index (χ2v) is 10.2. The van der Waals surface area contributed by atoms with Gasteiger partial charge in [0.05, 0.1) is 6.42 Å². The third kappa shape index (κ3) is 5.77. The third-order valence-electron chi connectivity index (χ3n) is 6.86. The smallest absolute Gasteiger partial charge is 0.243 e. The number of nitrogens with one attached hydrogen (secondary N) is 1. The normalized spacial score (nSPS) is 18.8. The minimum atomic E-state index is -0.605. The molecule has 0 radical (unpaired) electrons. The Hall–Kier alpha value is -2.21. The molecule has 2 fully saturated rings. The van der Waals surface area contributed by atoms with Gasteiger partial charge in [-0.15, -0.1) is 11.3 Å². The van der Waals surface area contributed by atoms with E-state index in [0.29, 0.717) is 5.69 Å². The van der Waals surface area contributed by atoms with Gasteiger partial charge in [-0.1, -0.05) is 50.7 Å². The van der Waals surface area contributed by atoms with Crippen LogP contribution in [-0.2, 0) is 16.0 Å². The number of nitrogens with zero attached hydrogens (tertiary/aromatic N) is 1. The number of carbonyl (C=O) groups is 2. The van der Waals surface area contributed by atoms with Crippen LogP contribution < -0.4 is 10.2 Å². The van der Waals surface area contributed by atoms with Crippen LogP contribution in [-0.4, -0.2) is 23.9 Å². The molecular formula is C26H33FN2O2S. The van der Waals surface area contributed by atoms with E-state index >= 15 is 0 Å². The Kier molecular flexibility index (Phi) is 7.95. The van der Waals surface area contributed by atoms with Crippen LogP contribution in [0.5, 0.6) is 0 Å². The maximum atomic E-state index is 14.2. The average molecular weight is 457 g/mol. The van der Waals surface area contributed by atoms with Crippen molar-refractivity contribution in [2.24, 2.45) is 5.92 Å². The van der Waals surface area contributed by atoms with Crippen molar-refractivity contribution in [2.45, 2.75) is 82.7 Å². The first-order valence-electron chi connectivity index (χ1n) is 12.0. The minimum Gasteiger partial charge on any atom is -0.352 e. The molecule has 172 valence electrons. The number of rotatable bonds is 7. The fraction of sp³-hybridized carbons (Fsp3) is 0.538. The molecular weight excluding hydrogens is 423 g/mol. The Labute approximate surface area is 194 Å². The number of halogens is 1. The summed E-state index contributed by atoms with van der Waals surface area (Å²) in [6.07, 6.45) is 10.8. The van der Waals surface area contributed by atoms with Gasteiger partial charge in [0.15, 0.2) is 0 Å². The molecule has 0 saturated heterocycles. The molecule has 0 aliphatic heterocycles. The first kappa shape index (κ1) is 23.0. The van der Waals surface area contributed by atoms with Gasteiger partial charge in [-0.2, -0.15) is 0 Å². The molecule has 0 spiro atoms. The quantitative estimate of drug-likeness (QED) is 0.567. The summed E-state index contributed by atoms with van der Waals surface area (Å²) >= 11 is 1.53. The number of amides is 2. The summed E-state index contributed by atoms with van der Waals surface area (Å²) < 4.78 is 14.2. The maximum absolute atomic E-state index is 14.2. The molecule has 6 heteroatoms. The van der Waals surface area contributed by atoms with E-state index in [0.717, 1.165) is 62.7 Å². The van der Waals surface area contributed by atoms with Gasteiger partial charge in [-0.3, -0.25) is 14.5 Å². The topological polar surface area (TPSA) is 49.4 Å². The highest BCUT2D eigenvalue weighted by molar-refractivity contribution is 7.10. The lowest BCUT2D eigenvalue weighted by molar-refractivity contribution is -0.128. The van der Waals surface area contributed by atoms with Crippen molar-refractivity contribution in [2.75, 3.05) is 4.90 Å².